The molecule has 3 aromatic heterocycles. The van der Waals surface area contributed by atoms with Gasteiger partial charge in [-0.25, -0.2) is 4.98 Å². The number of rotatable bonds is 6. The van der Waals surface area contributed by atoms with Crippen LogP contribution in [0.3, 0.4) is 0 Å². The summed E-state index contributed by atoms with van der Waals surface area (Å²) >= 11 is 0. The SMILES string of the molecule is Cc1cnc(-c2cc(-c3ccccc3)cc(-c3cncc4c3nc(-c3cc(C(C)(C)C)cc(C(C)(C)C)c3O)n4-c3ccccc3)c2)cc1-c1ccccc1. The predicted molar refractivity (Wildman–Crippen MR) is 228 cm³/mol. The third-order valence-corrected chi connectivity index (χ3v) is 10.4. The second-order valence-corrected chi connectivity index (χ2v) is 16.5. The first-order valence-corrected chi connectivity index (χ1v) is 18.9. The van der Waals surface area contributed by atoms with Crippen LogP contribution >= 0.6 is 0 Å². The molecule has 5 heteroatoms. The Morgan fingerprint density at radius 3 is 1.82 bits per heavy atom. The number of aromatic nitrogens is 4. The van der Waals surface area contributed by atoms with Crippen LogP contribution in [0, 0.1) is 6.92 Å². The van der Waals surface area contributed by atoms with Crippen LogP contribution < -0.4 is 0 Å². The molecule has 0 radical (unpaired) electrons. The van der Waals surface area contributed by atoms with E-state index in [0.717, 1.165) is 78.0 Å². The molecule has 0 fully saturated rings. The number of imidazole rings is 1. The quantitative estimate of drug-likeness (QED) is 0.186. The molecule has 8 rings (SSSR count). The number of aromatic hydroxyl groups is 1. The van der Waals surface area contributed by atoms with Crippen LogP contribution in [0.1, 0.15) is 58.2 Å². The fourth-order valence-electron chi connectivity index (χ4n) is 7.37. The van der Waals surface area contributed by atoms with E-state index in [4.69, 9.17) is 15.0 Å². The number of para-hydroxylation sites is 1. The molecular formula is C50H46N4O. The lowest BCUT2D eigenvalue weighted by Crippen LogP contribution is -2.17. The maximum Gasteiger partial charge on any atom is 0.149 e. The van der Waals surface area contributed by atoms with Crippen LogP contribution in [-0.4, -0.2) is 24.6 Å². The Morgan fingerprint density at radius 1 is 0.545 bits per heavy atom. The standard InChI is InChI=1S/C50H46N4O/c1-32-29-52-44(28-40(32)34-19-13-9-14-20-34)37-24-35(33-17-11-8-12-18-33)23-36(25-37)42-30-51-31-45-46(42)53-48(54(45)39-21-15-10-16-22-39)41-26-38(49(2,3)4)27-43(47(41)55)50(5,6)7/h8-31,55H,1-7H3. The van der Waals surface area contributed by atoms with Gasteiger partial charge in [-0.05, 0) is 99.2 Å². The first kappa shape index (κ1) is 35.7. The van der Waals surface area contributed by atoms with E-state index in [1.54, 1.807) is 0 Å². The lowest BCUT2D eigenvalue weighted by atomic mass is 9.79. The van der Waals surface area contributed by atoms with Gasteiger partial charge in [-0.3, -0.25) is 14.5 Å². The maximum absolute atomic E-state index is 12.1. The molecule has 0 saturated heterocycles. The molecule has 272 valence electrons. The summed E-state index contributed by atoms with van der Waals surface area (Å²) in [6.07, 6.45) is 5.76. The van der Waals surface area contributed by atoms with E-state index < -0.39 is 0 Å². The Kier molecular flexibility index (Phi) is 8.97. The van der Waals surface area contributed by atoms with Crippen LogP contribution in [0.15, 0.2) is 146 Å². The lowest BCUT2D eigenvalue weighted by molar-refractivity contribution is 0.446. The number of benzene rings is 5. The van der Waals surface area contributed by atoms with Crippen molar-refractivity contribution in [1.82, 2.24) is 19.5 Å². The van der Waals surface area contributed by atoms with Crippen molar-refractivity contribution in [3.8, 4) is 67.5 Å². The zero-order valence-electron chi connectivity index (χ0n) is 32.6. The Hall–Kier alpha value is -6.33. The number of hydrogen-bond acceptors (Lipinski definition) is 4. The molecule has 3 heterocycles. The van der Waals surface area contributed by atoms with Gasteiger partial charge in [0.1, 0.15) is 17.1 Å². The van der Waals surface area contributed by atoms with Crippen molar-refractivity contribution in [3.05, 3.63) is 163 Å². The highest BCUT2D eigenvalue weighted by atomic mass is 16.3. The van der Waals surface area contributed by atoms with Crippen molar-refractivity contribution in [2.75, 3.05) is 0 Å². The van der Waals surface area contributed by atoms with E-state index in [9.17, 15) is 5.11 Å². The van der Waals surface area contributed by atoms with Gasteiger partial charge >= 0.3 is 0 Å². The number of phenols is 1. The molecule has 5 aromatic carbocycles. The lowest BCUT2D eigenvalue weighted by Gasteiger charge is -2.27. The van der Waals surface area contributed by atoms with Crippen LogP contribution in [0.25, 0.3) is 72.7 Å². The second-order valence-electron chi connectivity index (χ2n) is 16.5. The minimum absolute atomic E-state index is 0.155. The van der Waals surface area contributed by atoms with E-state index in [2.05, 4.69) is 150 Å². The van der Waals surface area contributed by atoms with E-state index in [1.165, 1.54) is 0 Å². The highest BCUT2D eigenvalue weighted by molar-refractivity contribution is 5.97. The molecule has 0 bridgehead atoms. The molecule has 0 aliphatic rings. The van der Waals surface area contributed by atoms with Crippen LogP contribution in [0.5, 0.6) is 5.75 Å². The summed E-state index contributed by atoms with van der Waals surface area (Å²) in [6.45, 7) is 15.2. The topological polar surface area (TPSA) is 63.8 Å². The second kappa shape index (κ2) is 13.8. The van der Waals surface area contributed by atoms with Crippen LogP contribution in [0.2, 0.25) is 0 Å². The molecular weight excluding hydrogens is 673 g/mol. The molecule has 5 nitrogen and oxygen atoms in total. The Balaban J connectivity index is 1.41. The summed E-state index contributed by atoms with van der Waals surface area (Å²) in [4.78, 5) is 15.3. The van der Waals surface area contributed by atoms with Crippen molar-refractivity contribution in [1.29, 1.82) is 0 Å². The Bertz CT molecular complexity index is 2660. The van der Waals surface area contributed by atoms with Gasteiger partial charge in [0.05, 0.1) is 23.0 Å². The summed E-state index contributed by atoms with van der Waals surface area (Å²) in [7, 11) is 0. The zero-order chi connectivity index (χ0) is 38.5. The van der Waals surface area contributed by atoms with Gasteiger partial charge < -0.3 is 5.11 Å². The van der Waals surface area contributed by atoms with Crippen molar-refractivity contribution in [2.45, 2.75) is 59.3 Å². The van der Waals surface area contributed by atoms with Crippen molar-refractivity contribution in [2.24, 2.45) is 0 Å². The molecule has 8 aromatic rings. The first-order chi connectivity index (χ1) is 26.4. The van der Waals surface area contributed by atoms with Crippen LogP contribution in [-0.2, 0) is 10.8 Å². The molecule has 0 unspecified atom stereocenters. The van der Waals surface area contributed by atoms with E-state index in [0.29, 0.717) is 11.4 Å². The van der Waals surface area contributed by atoms with Gasteiger partial charge in [0, 0.05) is 34.8 Å². The minimum Gasteiger partial charge on any atom is -0.507 e. The third-order valence-electron chi connectivity index (χ3n) is 10.4. The Labute approximate surface area is 324 Å². The van der Waals surface area contributed by atoms with Gasteiger partial charge in [-0.15, -0.1) is 0 Å². The van der Waals surface area contributed by atoms with Gasteiger partial charge in [0.25, 0.3) is 0 Å². The molecule has 0 saturated carbocycles. The van der Waals surface area contributed by atoms with Gasteiger partial charge in [-0.2, -0.15) is 0 Å². The Morgan fingerprint density at radius 2 is 1.16 bits per heavy atom. The molecule has 0 aliphatic heterocycles. The molecule has 1 N–H and O–H groups in total. The minimum atomic E-state index is -0.297. The fourth-order valence-corrected chi connectivity index (χ4v) is 7.37. The van der Waals surface area contributed by atoms with Gasteiger partial charge in [0.2, 0.25) is 0 Å². The number of phenolic OH excluding ortho intramolecular Hbond substituents is 1. The summed E-state index contributed by atoms with van der Waals surface area (Å²) in [6, 6.07) is 44.3. The molecule has 55 heavy (non-hydrogen) atoms. The summed E-state index contributed by atoms with van der Waals surface area (Å²) in [5, 5.41) is 12.1. The van der Waals surface area contributed by atoms with Gasteiger partial charge in [0.15, 0.2) is 0 Å². The molecule has 0 atom stereocenters. The summed E-state index contributed by atoms with van der Waals surface area (Å²) in [5.74, 6) is 0.909. The normalized spacial score (nSPS) is 12.0. The highest BCUT2D eigenvalue weighted by Gasteiger charge is 2.29. The molecule has 0 aliphatic carbocycles. The number of fused-ring (bicyclic) bond motifs is 1. The maximum atomic E-state index is 12.1. The van der Waals surface area contributed by atoms with Gasteiger partial charge in [-0.1, -0.05) is 126 Å². The average molecular weight is 719 g/mol. The van der Waals surface area contributed by atoms with E-state index >= 15 is 0 Å². The number of pyridine rings is 2. The number of aryl methyl sites for hydroxylation is 1. The van der Waals surface area contributed by atoms with E-state index in [1.807, 2.05) is 48.9 Å². The highest BCUT2D eigenvalue weighted by Crippen LogP contribution is 2.44. The summed E-state index contributed by atoms with van der Waals surface area (Å²) in [5.41, 5.74) is 14.2. The largest absolute Gasteiger partial charge is 0.507 e. The fraction of sp³-hybridized carbons (Fsp3) is 0.180. The smallest absolute Gasteiger partial charge is 0.149 e. The van der Waals surface area contributed by atoms with Crippen molar-refractivity contribution in [3.63, 3.8) is 0 Å². The van der Waals surface area contributed by atoms with Crippen molar-refractivity contribution < 1.29 is 5.11 Å². The first-order valence-electron chi connectivity index (χ1n) is 18.9. The monoisotopic (exact) mass is 718 g/mol. The summed E-state index contributed by atoms with van der Waals surface area (Å²) < 4.78 is 2.13. The number of nitrogens with zero attached hydrogens (tertiary/aromatic N) is 4. The zero-order valence-corrected chi connectivity index (χ0v) is 32.6. The van der Waals surface area contributed by atoms with Crippen molar-refractivity contribution >= 4 is 11.0 Å². The molecule has 0 spiro atoms. The van der Waals surface area contributed by atoms with Crippen LogP contribution in [0.4, 0.5) is 0 Å². The predicted octanol–water partition coefficient (Wildman–Crippen LogP) is 12.8. The third kappa shape index (κ3) is 6.83. The van der Waals surface area contributed by atoms with E-state index in [-0.39, 0.29) is 16.6 Å². The average Bonchev–Trinajstić information content (AvgIpc) is 3.58. The molecule has 0 amide bonds. The number of hydrogen-bond donors (Lipinski definition) is 1.